The molecular formula is C20H24N4O3. The maximum Gasteiger partial charge on any atom is 0.265 e. The molecule has 1 aromatic carbocycles. The van der Waals surface area contributed by atoms with E-state index in [9.17, 15) is 9.59 Å². The highest BCUT2D eigenvalue weighted by atomic mass is 16.3. The number of aryl methyl sites for hydroxylation is 2. The van der Waals surface area contributed by atoms with Gasteiger partial charge >= 0.3 is 0 Å². The summed E-state index contributed by atoms with van der Waals surface area (Å²) in [6.07, 6.45) is 1.37. The third-order valence-corrected chi connectivity index (χ3v) is 4.69. The van der Waals surface area contributed by atoms with Gasteiger partial charge in [0, 0.05) is 19.6 Å². The zero-order chi connectivity index (χ0) is 19.7. The first-order chi connectivity index (χ1) is 12.8. The van der Waals surface area contributed by atoms with Crippen molar-refractivity contribution in [1.29, 1.82) is 0 Å². The summed E-state index contributed by atoms with van der Waals surface area (Å²) in [7, 11) is 1.58. The van der Waals surface area contributed by atoms with Crippen LogP contribution in [-0.4, -0.2) is 22.0 Å². The van der Waals surface area contributed by atoms with Crippen LogP contribution in [-0.2, 0) is 7.05 Å². The number of hydrogen-bond donors (Lipinski definition) is 2. The van der Waals surface area contributed by atoms with Gasteiger partial charge in [-0.15, -0.1) is 0 Å². The van der Waals surface area contributed by atoms with Crippen LogP contribution in [0.2, 0.25) is 0 Å². The fourth-order valence-corrected chi connectivity index (χ4v) is 3.00. The zero-order valence-electron chi connectivity index (χ0n) is 15.9. The number of aromatic nitrogens is 2. The number of nitrogens with two attached hydrogens (primary N) is 1. The van der Waals surface area contributed by atoms with E-state index >= 15 is 0 Å². The predicted octanol–water partition coefficient (Wildman–Crippen LogP) is 2.39. The van der Waals surface area contributed by atoms with Crippen LogP contribution in [0.3, 0.4) is 0 Å². The van der Waals surface area contributed by atoms with Gasteiger partial charge in [-0.05, 0) is 24.0 Å². The summed E-state index contributed by atoms with van der Waals surface area (Å²) in [6, 6.07) is 7.69. The Morgan fingerprint density at radius 3 is 2.52 bits per heavy atom. The van der Waals surface area contributed by atoms with E-state index in [-0.39, 0.29) is 34.8 Å². The number of amides is 1. The van der Waals surface area contributed by atoms with Crippen molar-refractivity contribution in [3.63, 3.8) is 0 Å². The molecule has 0 saturated heterocycles. The summed E-state index contributed by atoms with van der Waals surface area (Å²) in [4.78, 5) is 29.1. The summed E-state index contributed by atoms with van der Waals surface area (Å²) < 4.78 is 6.78. The molecule has 0 aliphatic rings. The lowest BCUT2D eigenvalue weighted by atomic mass is 9.99. The van der Waals surface area contributed by atoms with Gasteiger partial charge in [-0.1, -0.05) is 38.1 Å². The quantitative estimate of drug-likeness (QED) is 0.720. The van der Waals surface area contributed by atoms with Crippen LogP contribution < -0.4 is 16.6 Å². The van der Waals surface area contributed by atoms with E-state index in [2.05, 4.69) is 24.1 Å². The molecule has 0 spiro atoms. The van der Waals surface area contributed by atoms with Crippen LogP contribution in [0.1, 0.15) is 53.1 Å². The second-order valence-corrected chi connectivity index (χ2v) is 7.01. The number of fused-ring (bicyclic) bond motifs is 1. The largest absolute Gasteiger partial charge is 0.442 e. The van der Waals surface area contributed by atoms with Crippen molar-refractivity contribution < 1.29 is 9.21 Å². The van der Waals surface area contributed by atoms with Crippen molar-refractivity contribution >= 4 is 17.0 Å². The van der Waals surface area contributed by atoms with Crippen molar-refractivity contribution in [3.8, 4) is 0 Å². The number of nitrogens with zero attached hydrogens (tertiary/aromatic N) is 2. The Bertz CT molecular complexity index is 1030. The van der Waals surface area contributed by atoms with Crippen LogP contribution >= 0.6 is 0 Å². The van der Waals surface area contributed by atoms with Crippen LogP contribution in [0.4, 0.5) is 0 Å². The molecular weight excluding hydrogens is 344 g/mol. The maximum atomic E-state index is 12.7. The normalized spacial score (nSPS) is 12.5. The number of carbonyl (C=O) groups is 1. The average molecular weight is 368 g/mol. The van der Waals surface area contributed by atoms with Gasteiger partial charge in [-0.2, -0.15) is 0 Å². The van der Waals surface area contributed by atoms with E-state index in [4.69, 9.17) is 10.2 Å². The van der Waals surface area contributed by atoms with Gasteiger partial charge in [-0.25, -0.2) is 4.98 Å². The van der Waals surface area contributed by atoms with Crippen LogP contribution in [0.25, 0.3) is 11.1 Å². The zero-order valence-corrected chi connectivity index (χ0v) is 15.9. The fourth-order valence-electron chi connectivity index (χ4n) is 3.00. The van der Waals surface area contributed by atoms with Gasteiger partial charge in [0.25, 0.3) is 11.5 Å². The summed E-state index contributed by atoms with van der Waals surface area (Å²) in [5, 5.41) is 2.99. The monoisotopic (exact) mass is 368 g/mol. The van der Waals surface area contributed by atoms with Crippen molar-refractivity contribution in [2.45, 2.75) is 32.7 Å². The number of furan rings is 1. The van der Waals surface area contributed by atoms with Crippen LogP contribution in [0.15, 0.2) is 39.8 Å². The van der Waals surface area contributed by atoms with E-state index in [1.54, 1.807) is 14.0 Å². The first-order valence-corrected chi connectivity index (χ1v) is 8.88. The number of nitrogens with one attached hydrogen (secondary N) is 1. The predicted molar refractivity (Wildman–Crippen MR) is 104 cm³/mol. The molecule has 3 N–H and O–H groups in total. The van der Waals surface area contributed by atoms with E-state index in [0.717, 1.165) is 5.56 Å². The fraction of sp³-hybridized carbons (Fsp3) is 0.350. The SMILES string of the molecule is Cc1oc2ncn(C)c(=O)c2c1C(=O)NCC(N)c1ccc(C(C)C)cc1. The van der Waals surface area contributed by atoms with E-state index in [1.165, 1.54) is 16.5 Å². The molecule has 0 bridgehead atoms. The molecule has 0 radical (unpaired) electrons. The summed E-state index contributed by atoms with van der Waals surface area (Å²) in [5.74, 6) is 0.405. The molecule has 0 saturated carbocycles. The van der Waals surface area contributed by atoms with Gasteiger partial charge in [0.05, 0.1) is 5.56 Å². The highest BCUT2D eigenvalue weighted by molar-refractivity contribution is 6.06. The van der Waals surface area contributed by atoms with Crippen molar-refractivity contribution in [2.24, 2.45) is 12.8 Å². The molecule has 0 aliphatic carbocycles. The lowest BCUT2D eigenvalue weighted by Crippen LogP contribution is -2.32. The molecule has 1 atom stereocenters. The standard InChI is InChI=1S/C20H24N4O3/c1-11(2)13-5-7-14(8-6-13)15(21)9-22-18(25)16-12(3)27-19-17(16)20(26)24(4)10-23-19/h5-8,10-11,15H,9,21H2,1-4H3,(H,22,25). The lowest BCUT2D eigenvalue weighted by Gasteiger charge is -2.14. The van der Waals surface area contributed by atoms with Crippen LogP contribution in [0, 0.1) is 6.92 Å². The molecule has 142 valence electrons. The Labute approximate surface area is 157 Å². The Morgan fingerprint density at radius 1 is 1.26 bits per heavy atom. The average Bonchev–Trinajstić information content (AvgIpc) is 2.99. The molecule has 27 heavy (non-hydrogen) atoms. The van der Waals surface area contributed by atoms with Crippen molar-refractivity contribution in [2.75, 3.05) is 6.54 Å². The van der Waals surface area contributed by atoms with Gasteiger partial charge in [0.2, 0.25) is 5.71 Å². The summed E-state index contributed by atoms with van der Waals surface area (Å²) in [6.45, 7) is 6.14. The highest BCUT2D eigenvalue weighted by Gasteiger charge is 2.22. The third kappa shape index (κ3) is 3.64. The molecule has 3 rings (SSSR count). The molecule has 0 fully saturated rings. The van der Waals surface area contributed by atoms with Gasteiger partial charge in [-0.3, -0.25) is 9.59 Å². The summed E-state index contributed by atoms with van der Waals surface area (Å²) >= 11 is 0. The first kappa shape index (κ1) is 18.8. The molecule has 0 aliphatic heterocycles. The van der Waals surface area contributed by atoms with E-state index < -0.39 is 5.91 Å². The minimum absolute atomic E-state index is 0.161. The summed E-state index contributed by atoms with van der Waals surface area (Å²) in [5.41, 5.74) is 8.43. The van der Waals surface area contributed by atoms with E-state index in [1.807, 2.05) is 24.3 Å². The minimum atomic E-state index is -0.398. The van der Waals surface area contributed by atoms with Crippen molar-refractivity contribution in [1.82, 2.24) is 14.9 Å². The first-order valence-electron chi connectivity index (χ1n) is 8.88. The van der Waals surface area contributed by atoms with E-state index in [0.29, 0.717) is 11.7 Å². The molecule has 2 aromatic heterocycles. The Balaban J connectivity index is 1.78. The second-order valence-electron chi connectivity index (χ2n) is 7.01. The minimum Gasteiger partial charge on any atom is -0.442 e. The van der Waals surface area contributed by atoms with Gasteiger partial charge < -0.3 is 20.0 Å². The molecule has 7 nitrogen and oxygen atoms in total. The number of hydrogen-bond acceptors (Lipinski definition) is 5. The molecule has 7 heteroatoms. The number of rotatable bonds is 5. The lowest BCUT2D eigenvalue weighted by molar-refractivity contribution is 0.0951. The molecule has 2 heterocycles. The Kier molecular flexibility index (Phi) is 5.14. The maximum absolute atomic E-state index is 12.7. The van der Waals surface area contributed by atoms with Crippen molar-refractivity contribution in [3.05, 3.63) is 63.4 Å². The molecule has 1 amide bonds. The smallest absolute Gasteiger partial charge is 0.265 e. The molecule has 3 aromatic rings. The Morgan fingerprint density at radius 2 is 1.89 bits per heavy atom. The van der Waals surface area contributed by atoms with Gasteiger partial charge in [0.1, 0.15) is 17.5 Å². The molecule has 1 unspecified atom stereocenters. The number of benzene rings is 1. The second kappa shape index (κ2) is 7.36. The van der Waals surface area contributed by atoms with Gasteiger partial charge in [0.15, 0.2) is 0 Å². The topological polar surface area (TPSA) is 103 Å². The number of carbonyl (C=O) groups excluding carboxylic acids is 1. The highest BCUT2D eigenvalue weighted by Crippen LogP contribution is 2.21. The van der Waals surface area contributed by atoms with Crippen LogP contribution in [0.5, 0.6) is 0 Å². The third-order valence-electron chi connectivity index (χ3n) is 4.69. The Hall–Kier alpha value is -2.93.